The van der Waals surface area contributed by atoms with Gasteiger partial charge in [-0.3, -0.25) is 0 Å². The van der Waals surface area contributed by atoms with Gasteiger partial charge in [0.15, 0.2) is 0 Å². The first-order chi connectivity index (χ1) is 36.4. The van der Waals surface area contributed by atoms with E-state index in [1.165, 1.54) is 6.07 Å². The molecule has 0 heterocycles. The summed E-state index contributed by atoms with van der Waals surface area (Å²) in [5.41, 5.74) is 19.1. The van der Waals surface area contributed by atoms with Crippen molar-refractivity contribution in [2.24, 2.45) is 0 Å². The second-order valence-corrected chi connectivity index (χ2v) is 20.0. The predicted octanol–water partition coefficient (Wildman–Crippen LogP) is 18.2. The Kier molecular flexibility index (Phi) is 30.6. The molecule has 0 fully saturated rings. The lowest BCUT2D eigenvalue weighted by Gasteiger charge is -2.05. The van der Waals surface area contributed by atoms with Crippen molar-refractivity contribution in [1.82, 2.24) is 0 Å². The normalized spacial score (nSPS) is 9.72. The molecule has 0 spiro atoms. The van der Waals surface area contributed by atoms with Crippen LogP contribution in [0.3, 0.4) is 0 Å². The van der Waals surface area contributed by atoms with E-state index < -0.39 is 0 Å². The minimum absolute atomic E-state index is 0.0727. The smallest absolute Gasteiger partial charge is 0.137 e. The maximum absolute atomic E-state index is 9.36. The quantitative estimate of drug-likeness (QED) is 0.0760. The number of nitrogens with two attached hydrogens (primary N) is 1. The number of phenolic OH excluding ortho intramolecular Hbond substituents is 8. The molecule has 0 aliphatic heterocycles. The largest absolute Gasteiger partial charge is 0.508 e. The maximum Gasteiger partial charge on any atom is 0.137 e. The highest BCUT2D eigenvalue weighted by Crippen LogP contribution is 2.32. The summed E-state index contributed by atoms with van der Waals surface area (Å²) in [5, 5.41) is 78.4. The van der Waals surface area contributed by atoms with Crippen LogP contribution in [0.4, 0.5) is 11.4 Å². The third-order valence-corrected chi connectivity index (χ3v) is 13.5. The molecule has 0 aliphatic carbocycles. The van der Waals surface area contributed by atoms with Gasteiger partial charge in [-0.25, -0.2) is 0 Å². The molecule has 0 amide bonds. The molecule has 420 valence electrons. The van der Waals surface area contributed by atoms with Gasteiger partial charge in [-0.1, -0.05) is 114 Å². The van der Waals surface area contributed by atoms with E-state index >= 15 is 0 Å². The lowest BCUT2D eigenvalue weighted by molar-refractivity contribution is 0.467. The molecule has 0 aliphatic rings. The van der Waals surface area contributed by atoms with Crippen molar-refractivity contribution in [2.75, 3.05) is 17.6 Å². The van der Waals surface area contributed by atoms with Crippen LogP contribution in [-0.4, -0.2) is 47.4 Å². The van der Waals surface area contributed by atoms with Crippen molar-refractivity contribution >= 4 is 57.8 Å². The van der Waals surface area contributed by atoms with E-state index in [1.807, 2.05) is 137 Å². The van der Waals surface area contributed by atoms with Gasteiger partial charge in [0.25, 0.3) is 0 Å². The highest BCUT2D eigenvalue weighted by Gasteiger charge is 2.06. The van der Waals surface area contributed by atoms with Crippen LogP contribution in [0.15, 0.2) is 127 Å². The monoisotopic (exact) mass is 1140 g/mol. The number of hydrogen-bond acceptors (Lipinski definition) is 10. The lowest BCUT2D eigenvalue weighted by atomic mass is 10.1. The van der Waals surface area contributed by atoms with Crippen molar-refractivity contribution in [3.05, 3.63) is 220 Å². The summed E-state index contributed by atoms with van der Waals surface area (Å²) in [4.78, 5) is 0. The van der Waals surface area contributed by atoms with Crippen LogP contribution in [0.25, 0.3) is 0 Å². The van der Waals surface area contributed by atoms with E-state index in [0.717, 1.165) is 85.4 Å². The summed E-state index contributed by atoms with van der Waals surface area (Å²) in [5.74, 6) is 2.35. The number of aryl methyl sites for hydroxylation is 10. The van der Waals surface area contributed by atoms with Crippen LogP contribution >= 0.6 is 46.4 Å². The summed E-state index contributed by atoms with van der Waals surface area (Å²) in [6.07, 6.45) is 1.09. The van der Waals surface area contributed by atoms with Crippen LogP contribution in [-0.2, 0) is 0 Å². The average Bonchev–Trinajstić information content (AvgIpc) is 3.39. The van der Waals surface area contributed by atoms with Crippen molar-refractivity contribution in [3.8, 4) is 46.0 Å². The second-order valence-electron chi connectivity index (χ2n) is 18.5. The molecule has 8 aromatic rings. The van der Waals surface area contributed by atoms with Gasteiger partial charge in [0.1, 0.15) is 46.0 Å². The number of nitrogen functional groups attached to an aromatic ring is 1. The number of benzene rings is 8. The van der Waals surface area contributed by atoms with Crippen LogP contribution in [0, 0.1) is 90.0 Å². The number of nitrogens with one attached hydrogen (secondary N) is 1. The van der Waals surface area contributed by atoms with E-state index in [4.69, 9.17) is 77.7 Å². The van der Waals surface area contributed by atoms with Gasteiger partial charge in [0, 0.05) is 39.6 Å². The molecule has 0 unspecified atom stereocenters. The summed E-state index contributed by atoms with van der Waals surface area (Å²) < 4.78 is 0. The van der Waals surface area contributed by atoms with Crippen LogP contribution < -0.4 is 11.1 Å². The predicted molar refractivity (Wildman–Crippen MR) is 330 cm³/mol. The first-order valence-corrected chi connectivity index (χ1v) is 26.3. The number of rotatable bonds is 3. The Labute approximate surface area is 482 Å². The summed E-state index contributed by atoms with van der Waals surface area (Å²) in [6.45, 7) is 27.4. The van der Waals surface area contributed by atoms with Gasteiger partial charge >= 0.3 is 0 Å². The van der Waals surface area contributed by atoms with Gasteiger partial charge in [-0.15, -0.1) is 0 Å². The average molecular weight is 1150 g/mol. The zero-order chi connectivity index (χ0) is 59.6. The minimum atomic E-state index is 0.0727. The van der Waals surface area contributed by atoms with E-state index in [9.17, 15) is 15.3 Å². The Morgan fingerprint density at radius 1 is 0.372 bits per heavy atom. The third kappa shape index (κ3) is 24.5. The van der Waals surface area contributed by atoms with E-state index in [-0.39, 0.29) is 11.5 Å². The molecule has 78 heavy (non-hydrogen) atoms. The van der Waals surface area contributed by atoms with Gasteiger partial charge < -0.3 is 51.9 Å². The molecule has 0 saturated heterocycles. The topological polar surface area (TPSA) is 200 Å². The first kappa shape index (κ1) is 68.9. The Morgan fingerprint density at radius 2 is 0.897 bits per heavy atom. The molecular weight excluding hydrogens is 1070 g/mol. The van der Waals surface area contributed by atoms with Gasteiger partial charge in [0.2, 0.25) is 0 Å². The molecule has 10 nitrogen and oxygen atoms in total. The highest BCUT2D eigenvalue weighted by molar-refractivity contribution is 6.36. The molecule has 8 rings (SSSR count). The zero-order valence-electron chi connectivity index (χ0n) is 47.2. The summed E-state index contributed by atoms with van der Waals surface area (Å²) >= 11 is 22.8. The second kappa shape index (κ2) is 34.6. The molecule has 0 aromatic heterocycles. The van der Waals surface area contributed by atoms with Crippen LogP contribution in [0.1, 0.15) is 85.7 Å². The Balaban J connectivity index is 0.000000447. The minimum Gasteiger partial charge on any atom is -0.508 e. The third-order valence-electron chi connectivity index (χ3n) is 11.7. The van der Waals surface area contributed by atoms with Crippen molar-refractivity contribution in [3.63, 3.8) is 0 Å². The molecular formula is C64H78Cl4N2O8. The molecule has 14 heteroatoms. The summed E-state index contributed by atoms with van der Waals surface area (Å²) in [7, 11) is 0. The van der Waals surface area contributed by atoms with Gasteiger partial charge in [0.05, 0.1) is 10.0 Å². The number of anilines is 2. The summed E-state index contributed by atoms with van der Waals surface area (Å²) in [6, 6.07) is 37.8. The number of phenols is 8. The Bertz CT molecular complexity index is 2860. The van der Waals surface area contributed by atoms with Crippen molar-refractivity contribution < 1.29 is 40.9 Å². The fourth-order valence-corrected chi connectivity index (χ4v) is 6.90. The van der Waals surface area contributed by atoms with E-state index in [2.05, 4.69) is 12.2 Å². The number of hydrogen-bond donors (Lipinski definition) is 10. The molecule has 11 N–H and O–H groups in total. The van der Waals surface area contributed by atoms with Crippen molar-refractivity contribution in [2.45, 2.75) is 103 Å². The maximum atomic E-state index is 9.36. The van der Waals surface area contributed by atoms with Gasteiger partial charge in [-0.05, 0) is 224 Å². The van der Waals surface area contributed by atoms with Crippen molar-refractivity contribution in [1.29, 1.82) is 0 Å². The van der Waals surface area contributed by atoms with E-state index in [0.29, 0.717) is 65.8 Å². The highest BCUT2D eigenvalue weighted by atomic mass is 35.5. The molecule has 0 radical (unpaired) electrons. The SMILES string of the molecule is CCCNc1ccc(C)c(O)c1.Cc1c(Cl)ccc(O)c1Cl.Cc1cc(Cl)c(C)cc1O.Cc1ccc(C)c(Cl)c1O.Cc1ccc(C)c(O)c1.Cc1ccc(N)c(C)c1O.Cc1cccc(O)c1.Cc1cccc(O)c1C. The molecule has 0 atom stereocenters. The molecule has 0 saturated carbocycles. The first-order valence-electron chi connectivity index (χ1n) is 24.8. The van der Waals surface area contributed by atoms with Crippen LogP contribution in [0.2, 0.25) is 20.1 Å². The van der Waals surface area contributed by atoms with E-state index in [1.54, 1.807) is 74.5 Å². The Morgan fingerprint density at radius 3 is 1.37 bits per heavy atom. The lowest BCUT2D eigenvalue weighted by Crippen LogP contribution is -1.98. The Hall–Kier alpha value is -7.08. The fraction of sp³-hybridized carbons (Fsp3) is 0.250. The standard InChI is InChI=1S/C10H15NO.2C8H9ClO.C8H11NO.2C8H10O.C7H6Cl2O.C7H8O/c1-3-6-11-9-5-4-8(2)10(12)7-9;1-5-4-8(10)6(2)3-7(5)9;1-5-3-4-6(2)8(10)7(5)9;1-5-3-4-7(9)6(2)8(5)10;1-6-3-4-7(2)8(9)5-6;1-6-4-3-5-8(9)7(6)2;1-4-5(8)2-3-6(10)7(4)9;1-6-3-2-4-7(8)5-6/h4-5,7,11-12H,3,6H2,1-2H3;2*3-4,10H,1-2H3;3-4,10H,9H2,1-2H3;2*3-5,9H,1-2H3;2-3,10H,1H3;2-5,8H,1H3. The van der Waals surface area contributed by atoms with Crippen LogP contribution in [0.5, 0.6) is 46.0 Å². The number of aromatic hydroxyl groups is 8. The number of halogens is 4. The molecule has 8 aromatic carbocycles. The van der Waals surface area contributed by atoms with Gasteiger partial charge in [-0.2, -0.15) is 0 Å². The zero-order valence-corrected chi connectivity index (χ0v) is 50.2. The molecule has 0 bridgehead atoms. The fourth-order valence-electron chi connectivity index (χ4n) is 6.10.